The van der Waals surface area contributed by atoms with Gasteiger partial charge in [0.15, 0.2) is 17.6 Å². The first-order chi connectivity index (χ1) is 14.0. The van der Waals surface area contributed by atoms with Crippen molar-refractivity contribution in [3.05, 3.63) is 42.5 Å². The molecule has 1 heterocycles. The van der Waals surface area contributed by atoms with Gasteiger partial charge in [-0.3, -0.25) is 4.57 Å². The minimum atomic E-state index is -4.55. The Bertz CT molecular complexity index is 858. The van der Waals surface area contributed by atoms with E-state index in [-0.39, 0.29) is 12.0 Å². The summed E-state index contributed by atoms with van der Waals surface area (Å²) < 4.78 is 42.1. The molecule has 0 saturated heterocycles. The van der Waals surface area contributed by atoms with Gasteiger partial charge in [-0.25, -0.2) is 4.79 Å². The van der Waals surface area contributed by atoms with Crippen molar-refractivity contribution in [2.45, 2.75) is 44.1 Å². The van der Waals surface area contributed by atoms with Crippen molar-refractivity contribution in [2.24, 2.45) is 0 Å². The lowest BCUT2D eigenvalue weighted by molar-refractivity contribution is -0.160. The number of carbonyl (C=O) groups excluding carboxylic acids is 1. The molecule has 2 rings (SSSR count). The highest BCUT2D eigenvalue weighted by molar-refractivity contribution is 7.99. The molecule has 0 spiro atoms. The maximum Gasteiger partial charge on any atom is 0.422 e. The first-order valence-corrected chi connectivity index (χ1v) is 10.2. The van der Waals surface area contributed by atoms with Gasteiger partial charge in [-0.15, -0.1) is 16.8 Å². The van der Waals surface area contributed by atoms with Crippen LogP contribution in [0.2, 0.25) is 0 Å². The predicted octanol–water partition coefficient (Wildman–Crippen LogP) is 4.81. The van der Waals surface area contributed by atoms with Crippen molar-refractivity contribution in [3.8, 4) is 11.4 Å². The molecular formula is C20H25F3N4O2S. The van der Waals surface area contributed by atoms with Crippen molar-refractivity contribution in [1.29, 1.82) is 0 Å². The molecule has 0 aliphatic rings. The summed E-state index contributed by atoms with van der Waals surface area (Å²) in [4.78, 5) is 11.3. The quantitative estimate of drug-likeness (QED) is 0.361. The highest BCUT2D eigenvalue weighted by atomic mass is 32.2. The Kier molecular flexibility index (Phi) is 7.94. The van der Waals surface area contributed by atoms with E-state index in [2.05, 4.69) is 59.7 Å². The van der Waals surface area contributed by atoms with Gasteiger partial charge in [0.25, 0.3) is 0 Å². The fourth-order valence-corrected chi connectivity index (χ4v) is 3.32. The number of nitrogens with one attached hydrogen (secondary N) is 1. The fraction of sp³-hybridized carbons (Fsp3) is 0.450. The van der Waals surface area contributed by atoms with E-state index < -0.39 is 18.9 Å². The normalized spacial score (nSPS) is 11.9. The molecule has 0 aliphatic heterocycles. The van der Waals surface area contributed by atoms with Gasteiger partial charge >= 0.3 is 12.3 Å². The number of thioether (sulfide) groups is 1. The van der Waals surface area contributed by atoms with E-state index in [4.69, 9.17) is 0 Å². The number of halogens is 3. The van der Waals surface area contributed by atoms with Crippen LogP contribution >= 0.6 is 11.8 Å². The number of amides is 1. The molecule has 0 radical (unpaired) electrons. The number of carbonyl (C=O) groups is 1. The summed E-state index contributed by atoms with van der Waals surface area (Å²) in [6, 6.07) is 8.12. The van der Waals surface area contributed by atoms with Gasteiger partial charge in [0.1, 0.15) is 0 Å². The maximum absolute atomic E-state index is 12.0. The van der Waals surface area contributed by atoms with E-state index in [1.165, 1.54) is 17.3 Å². The number of hydrogen-bond donors (Lipinski definition) is 1. The second kappa shape index (κ2) is 10.0. The van der Waals surface area contributed by atoms with Crippen LogP contribution in [0.15, 0.2) is 42.1 Å². The van der Waals surface area contributed by atoms with E-state index in [1.54, 1.807) is 6.08 Å². The number of ether oxygens (including phenoxy) is 1. The Morgan fingerprint density at radius 3 is 2.47 bits per heavy atom. The zero-order valence-electron chi connectivity index (χ0n) is 17.1. The first kappa shape index (κ1) is 23.8. The van der Waals surface area contributed by atoms with Crippen molar-refractivity contribution in [2.75, 3.05) is 18.9 Å². The maximum atomic E-state index is 12.0. The minimum Gasteiger partial charge on any atom is -0.440 e. The minimum absolute atomic E-state index is 0.0442. The summed E-state index contributed by atoms with van der Waals surface area (Å²) in [6.07, 6.45) is -3.93. The van der Waals surface area contributed by atoms with Crippen molar-refractivity contribution >= 4 is 17.9 Å². The summed E-state index contributed by atoms with van der Waals surface area (Å²) in [5.74, 6) is 1.08. The van der Waals surface area contributed by atoms with Gasteiger partial charge in [-0.2, -0.15) is 13.2 Å². The molecule has 1 amide bonds. The third-order valence-electron chi connectivity index (χ3n) is 4.01. The molecule has 164 valence electrons. The first-order valence-electron chi connectivity index (χ1n) is 9.26. The predicted molar refractivity (Wildman–Crippen MR) is 110 cm³/mol. The Balaban J connectivity index is 1.99. The molecule has 6 nitrogen and oxygen atoms in total. The molecule has 30 heavy (non-hydrogen) atoms. The summed E-state index contributed by atoms with van der Waals surface area (Å²) in [6.45, 7) is 9.20. The summed E-state index contributed by atoms with van der Waals surface area (Å²) >= 11 is 1.32. The van der Waals surface area contributed by atoms with Gasteiger partial charge in [-0.05, 0) is 11.0 Å². The highest BCUT2D eigenvalue weighted by Crippen LogP contribution is 2.27. The molecule has 0 bridgehead atoms. The lowest BCUT2D eigenvalue weighted by Gasteiger charge is -2.19. The molecule has 1 aromatic heterocycles. The van der Waals surface area contributed by atoms with Crippen LogP contribution in [0.5, 0.6) is 0 Å². The number of alkyl halides is 3. The van der Waals surface area contributed by atoms with Crippen LogP contribution in [0.1, 0.15) is 26.3 Å². The van der Waals surface area contributed by atoms with Crippen molar-refractivity contribution in [1.82, 2.24) is 20.1 Å². The van der Waals surface area contributed by atoms with Crippen molar-refractivity contribution in [3.63, 3.8) is 0 Å². The van der Waals surface area contributed by atoms with E-state index in [1.807, 2.05) is 16.7 Å². The highest BCUT2D eigenvalue weighted by Gasteiger charge is 2.29. The molecule has 10 heteroatoms. The zero-order chi connectivity index (χ0) is 22.4. The second-order valence-corrected chi connectivity index (χ2v) is 8.56. The van der Waals surface area contributed by atoms with E-state index >= 15 is 0 Å². The van der Waals surface area contributed by atoms with Gasteiger partial charge in [-0.1, -0.05) is 62.9 Å². The van der Waals surface area contributed by atoms with Crippen LogP contribution in [0.3, 0.4) is 0 Å². The number of aromatic nitrogens is 3. The molecule has 1 N–H and O–H groups in total. The number of alkyl carbamates (subject to hydrolysis) is 1. The number of nitrogens with zero attached hydrogens (tertiary/aromatic N) is 3. The van der Waals surface area contributed by atoms with Gasteiger partial charge in [0, 0.05) is 24.4 Å². The van der Waals surface area contributed by atoms with E-state index in [0.29, 0.717) is 23.3 Å². The van der Waals surface area contributed by atoms with Crippen LogP contribution in [-0.2, 0) is 16.7 Å². The Hall–Kier alpha value is -2.49. The molecule has 0 fully saturated rings. The topological polar surface area (TPSA) is 69.0 Å². The zero-order valence-corrected chi connectivity index (χ0v) is 17.9. The molecule has 0 saturated carbocycles. The standard InChI is InChI=1S/C20H25F3N4O2S/c1-5-11-27-16(14-6-8-15(9-7-14)19(2,3)4)25-26-17(27)30-12-10-24-18(28)29-13-20(21,22)23/h5-9H,1,10-13H2,2-4H3,(H,24,28). The van der Waals surface area contributed by atoms with Crippen LogP contribution < -0.4 is 5.32 Å². The summed E-state index contributed by atoms with van der Waals surface area (Å²) in [5.41, 5.74) is 2.17. The van der Waals surface area contributed by atoms with E-state index in [0.717, 1.165) is 5.56 Å². The lowest BCUT2D eigenvalue weighted by Crippen LogP contribution is -2.30. The summed E-state index contributed by atoms with van der Waals surface area (Å²) in [7, 11) is 0. The third-order valence-corrected chi connectivity index (χ3v) is 4.98. The molecule has 0 aliphatic carbocycles. The van der Waals surface area contributed by atoms with Crippen LogP contribution in [-0.4, -0.2) is 45.9 Å². The fourth-order valence-electron chi connectivity index (χ4n) is 2.52. The van der Waals surface area contributed by atoms with Gasteiger partial charge in [0.05, 0.1) is 0 Å². The van der Waals surface area contributed by atoms with Gasteiger partial charge < -0.3 is 10.1 Å². The van der Waals surface area contributed by atoms with Gasteiger partial charge in [0.2, 0.25) is 0 Å². The largest absolute Gasteiger partial charge is 0.440 e. The molecule has 2 aromatic rings. The molecule has 0 atom stereocenters. The van der Waals surface area contributed by atoms with E-state index in [9.17, 15) is 18.0 Å². The lowest BCUT2D eigenvalue weighted by atomic mass is 9.87. The number of allylic oxidation sites excluding steroid dienone is 1. The third kappa shape index (κ3) is 7.08. The van der Waals surface area contributed by atoms with Crippen LogP contribution in [0, 0.1) is 0 Å². The van der Waals surface area contributed by atoms with Crippen molar-refractivity contribution < 1.29 is 22.7 Å². The molecular weight excluding hydrogens is 417 g/mol. The SMILES string of the molecule is C=CCn1c(SCCNC(=O)OCC(F)(F)F)nnc1-c1ccc(C(C)(C)C)cc1. The number of hydrogen-bond acceptors (Lipinski definition) is 5. The Labute approximate surface area is 177 Å². The van der Waals surface area contributed by atoms with Crippen LogP contribution in [0.4, 0.5) is 18.0 Å². The van der Waals surface area contributed by atoms with Crippen LogP contribution in [0.25, 0.3) is 11.4 Å². The summed E-state index contributed by atoms with van der Waals surface area (Å²) in [5, 5.41) is 11.4. The average Bonchev–Trinajstić information content (AvgIpc) is 3.05. The number of benzene rings is 1. The number of rotatable bonds is 8. The Morgan fingerprint density at radius 2 is 1.90 bits per heavy atom. The average molecular weight is 443 g/mol. The monoisotopic (exact) mass is 442 g/mol. The second-order valence-electron chi connectivity index (χ2n) is 7.50. The Morgan fingerprint density at radius 1 is 1.23 bits per heavy atom. The molecule has 1 aromatic carbocycles. The molecule has 0 unspecified atom stereocenters. The smallest absolute Gasteiger partial charge is 0.422 e.